The molecule has 0 fully saturated rings. The Balaban J connectivity index is 2.23. The summed E-state index contributed by atoms with van der Waals surface area (Å²) in [6, 6.07) is 13.9. The average molecular weight is 229 g/mol. The first-order chi connectivity index (χ1) is 8.27. The maximum atomic E-state index is 11.2. The van der Waals surface area contributed by atoms with Gasteiger partial charge in [-0.05, 0) is 6.07 Å². The third-order valence-electron chi connectivity index (χ3n) is 2.20. The van der Waals surface area contributed by atoms with Crippen molar-refractivity contribution in [2.24, 2.45) is 0 Å². The van der Waals surface area contributed by atoms with Crippen molar-refractivity contribution >= 4 is 5.97 Å². The van der Waals surface area contributed by atoms with Crippen molar-refractivity contribution in [3.8, 4) is 5.88 Å². The van der Waals surface area contributed by atoms with Gasteiger partial charge in [0.1, 0.15) is 0 Å². The molecule has 0 radical (unpaired) electrons. The van der Waals surface area contributed by atoms with E-state index in [1.54, 1.807) is 48.7 Å². The van der Waals surface area contributed by atoms with Gasteiger partial charge in [-0.15, -0.1) is 0 Å². The fourth-order valence-electron chi connectivity index (χ4n) is 1.43. The molecular weight excluding hydrogens is 218 g/mol. The Bertz CT molecular complexity index is 485. The Morgan fingerprint density at radius 1 is 1.12 bits per heavy atom. The number of aromatic nitrogens is 1. The summed E-state index contributed by atoms with van der Waals surface area (Å²) in [4.78, 5) is 15.1. The molecule has 1 heterocycles. The van der Waals surface area contributed by atoms with Crippen molar-refractivity contribution in [3.63, 3.8) is 0 Å². The lowest BCUT2D eigenvalue weighted by molar-refractivity contribution is -0.145. The molecule has 0 aliphatic heterocycles. The zero-order valence-electron chi connectivity index (χ0n) is 8.98. The Kier molecular flexibility index (Phi) is 3.35. The molecule has 2 rings (SSSR count). The van der Waals surface area contributed by atoms with Gasteiger partial charge in [0.25, 0.3) is 0 Å². The zero-order valence-corrected chi connectivity index (χ0v) is 8.98. The highest BCUT2D eigenvalue weighted by Crippen LogP contribution is 2.19. The standard InChI is InChI=1S/C13H11NO3/c15-13(16)12(10-6-2-1-3-7-10)17-11-8-4-5-9-14-11/h1-9,12H,(H,15,16)/t12-/m0/s1. The lowest BCUT2D eigenvalue weighted by Crippen LogP contribution is -2.18. The number of aliphatic carboxylic acids is 1. The molecule has 1 N–H and O–H groups in total. The van der Waals surface area contributed by atoms with E-state index < -0.39 is 12.1 Å². The molecule has 2 aromatic rings. The first-order valence-corrected chi connectivity index (χ1v) is 5.13. The monoisotopic (exact) mass is 229 g/mol. The van der Waals surface area contributed by atoms with Crippen LogP contribution < -0.4 is 4.74 Å². The minimum absolute atomic E-state index is 0.295. The van der Waals surface area contributed by atoms with Crippen LogP contribution in [-0.4, -0.2) is 16.1 Å². The molecule has 0 saturated carbocycles. The average Bonchev–Trinajstić information content (AvgIpc) is 2.38. The van der Waals surface area contributed by atoms with E-state index in [0.29, 0.717) is 11.4 Å². The van der Waals surface area contributed by atoms with Crippen molar-refractivity contribution in [1.82, 2.24) is 4.98 Å². The summed E-state index contributed by atoms with van der Waals surface area (Å²) in [5.74, 6) is -0.745. The Labute approximate surface area is 98.5 Å². The Morgan fingerprint density at radius 3 is 2.41 bits per heavy atom. The number of carboxylic acid groups (broad SMARTS) is 1. The summed E-state index contributed by atoms with van der Waals surface area (Å²) >= 11 is 0. The van der Waals surface area contributed by atoms with E-state index in [-0.39, 0.29) is 0 Å². The van der Waals surface area contributed by atoms with Crippen molar-refractivity contribution in [3.05, 3.63) is 60.3 Å². The highest BCUT2D eigenvalue weighted by atomic mass is 16.5. The fraction of sp³-hybridized carbons (Fsp3) is 0.0769. The molecule has 17 heavy (non-hydrogen) atoms. The highest BCUT2D eigenvalue weighted by Gasteiger charge is 2.21. The smallest absolute Gasteiger partial charge is 0.349 e. The van der Waals surface area contributed by atoms with Gasteiger partial charge >= 0.3 is 5.97 Å². The van der Waals surface area contributed by atoms with E-state index in [4.69, 9.17) is 9.84 Å². The maximum absolute atomic E-state index is 11.2. The second-order valence-electron chi connectivity index (χ2n) is 3.41. The van der Waals surface area contributed by atoms with Crippen LogP contribution in [0.2, 0.25) is 0 Å². The molecule has 86 valence electrons. The van der Waals surface area contributed by atoms with E-state index in [2.05, 4.69) is 4.98 Å². The summed E-state index contributed by atoms with van der Waals surface area (Å²) in [7, 11) is 0. The van der Waals surface area contributed by atoms with Gasteiger partial charge in [0.05, 0.1) is 0 Å². The number of rotatable bonds is 4. The van der Waals surface area contributed by atoms with Gasteiger partial charge in [-0.3, -0.25) is 0 Å². The summed E-state index contributed by atoms with van der Waals surface area (Å²) in [6.45, 7) is 0. The predicted octanol–water partition coefficient (Wildman–Crippen LogP) is 2.29. The molecule has 0 spiro atoms. The Hall–Kier alpha value is -2.36. The van der Waals surface area contributed by atoms with E-state index in [1.807, 2.05) is 6.07 Å². The minimum atomic E-state index is -1.04. The van der Waals surface area contributed by atoms with Gasteiger partial charge in [-0.25, -0.2) is 9.78 Å². The number of ether oxygens (including phenoxy) is 1. The van der Waals surface area contributed by atoms with Crippen molar-refractivity contribution in [2.45, 2.75) is 6.10 Å². The molecule has 0 unspecified atom stereocenters. The van der Waals surface area contributed by atoms with Crippen LogP contribution in [0.25, 0.3) is 0 Å². The second kappa shape index (κ2) is 5.12. The Morgan fingerprint density at radius 2 is 1.82 bits per heavy atom. The molecule has 1 atom stereocenters. The molecule has 1 aromatic carbocycles. The summed E-state index contributed by atoms with van der Waals surface area (Å²) in [5.41, 5.74) is 0.589. The van der Waals surface area contributed by atoms with Crippen molar-refractivity contribution in [1.29, 1.82) is 0 Å². The van der Waals surface area contributed by atoms with Crippen molar-refractivity contribution < 1.29 is 14.6 Å². The van der Waals surface area contributed by atoms with Gasteiger partial charge in [-0.1, -0.05) is 36.4 Å². The normalized spacial score (nSPS) is 11.8. The minimum Gasteiger partial charge on any atom is -0.478 e. The van der Waals surface area contributed by atoms with Crippen LogP contribution in [0.5, 0.6) is 5.88 Å². The van der Waals surface area contributed by atoms with Crippen LogP contribution in [0.15, 0.2) is 54.7 Å². The molecule has 0 aliphatic carbocycles. The lowest BCUT2D eigenvalue weighted by atomic mass is 10.1. The van der Waals surface area contributed by atoms with Gasteiger partial charge in [0.2, 0.25) is 12.0 Å². The summed E-state index contributed by atoms with van der Waals surface area (Å²) in [5, 5.41) is 9.14. The third kappa shape index (κ3) is 2.81. The summed E-state index contributed by atoms with van der Waals surface area (Å²) < 4.78 is 5.35. The van der Waals surface area contributed by atoms with Crippen LogP contribution >= 0.6 is 0 Å². The molecule has 0 saturated heterocycles. The van der Waals surface area contributed by atoms with Gasteiger partial charge in [0, 0.05) is 17.8 Å². The van der Waals surface area contributed by atoms with Crippen LogP contribution in [-0.2, 0) is 4.79 Å². The number of benzene rings is 1. The van der Waals surface area contributed by atoms with E-state index in [9.17, 15) is 4.79 Å². The number of hydrogen-bond acceptors (Lipinski definition) is 3. The SMILES string of the molecule is O=C(O)[C@@H](Oc1ccccn1)c1ccccc1. The van der Waals surface area contributed by atoms with Gasteiger partial charge in [-0.2, -0.15) is 0 Å². The first kappa shape index (κ1) is 11.1. The second-order valence-corrected chi connectivity index (χ2v) is 3.41. The van der Waals surface area contributed by atoms with Crippen LogP contribution in [0, 0.1) is 0 Å². The van der Waals surface area contributed by atoms with Gasteiger partial charge in [0.15, 0.2) is 0 Å². The lowest BCUT2D eigenvalue weighted by Gasteiger charge is -2.14. The molecule has 0 bridgehead atoms. The maximum Gasteiger partial charge on any atom is 0.349 e. The number of pyridine rings is 1. The van der Waals surface area contributed by atoms with E-state index in [0.717, 1.165) is 0 Å². The molecule has 4 nitrogen and oxygen atoms in total. The van der Waals surface area contributed by atoms with Crippen LogP contribution in [0.1, 0.15) is 11.7 Å². The van der Waals surface area contributed by atoms with E-state index in [1.165, 1.54) is 0 Å². The topological polar surface area (TPSA) is 59.4 Å². The number of carbonyl (C=O) groups is 1. The first-order valence-electron chi connectivity index (χ1n) is 5.13. The molecule has 4 heteroatoms. The number of nitrogens with zero attached hydrogens (tertiary/aromatic N) is 1. The third-order valence-corrected chi connectivity index (χ3v) is 2.20. The largest absolute Gasteiger partial charge is 0.478 e. The van der Waals surface area contributed by atoms with Crippen LogP contribution in [0.4, 0.5) is 0 Å². The van der Waals surface area contributed by atoms with Crippen molar-refractivity contribution in [2.75, 3.05) is 0 Å². The molecule has 1 aromatic heterocycles. The fourth-order valence-corrected chi connectivity index (χ4v) is 1.43. The zero-order chi connectivity index (χ0) is 12.1. The highest BCUT2D eigenvalue weighted by molar-refractivity contribution is 5.74. The quantitative estimate of drug-likeness (QED) is 0.873. The number of carboxylic acids is 1. The molecular formula is C13H11NO3. The van der Waals surface area contributed by atoms with E-state index >= 15 is 0 Å². The molecule has 0 aliphatic rings. The predicted molar refractivity (Wildman–Crippen MR) is 61.7 cm³/mol. The molecule has 0 amide bonds. The number of hydrogen-bond donors (Lipinski definition) is 1. The summed E-state index contributed by atoms with van der Waals surface area (Å²) in [6.07, 6.45) is 0.519. The van der Waals surface area contributed by atoms with Gasteiger partial charge < -0.3 is 9.84 Å². The van der Waals surface area contributed by atoms with Crippen LogP contribution in [0.3, 0.4) is 0 Å².